The van der Waals surface area contributed by atoms with Gasteiger partial charge >= 0.3 is 0 Å². The second kappa shape index (κ2) is 2.66. The van der Waals surface area contributed by atoms with Crippen molar-refractivity contribution in [1.29, 1.82) is 0 Å². The molecule has 0 spiro atoms. The van der Waals surface area contributed by atoms with E-state index in [1.807, 2.05) is 0 Å². The average molecular weight is 158 g/mol. The van der Waals surface area contributed by atoms with Gasteiger partial charge in [-0.3, -0.25) is 0 Å². The summed E-state index contributed by atoms with van der Waals surface area (Å²) in [5.74, 6) is 0.312. The summed E-state index contributed by atoms with van der Waals surface area (Å²) in [7, 11) is -2.80. The van der Waals surface area contributed by atoms with Crippen molar-refractivity contribution in [2.75, 3.05) is 12.3 Å². The molecule has 3 nitrogen and oxygen atoms in total. The van der Waals surface area contributed by atoms with Crippen LogP contribution >= 0.6 is 12.4 Å². The Bertz CT molecular complexity index is 141. The van der Waals surface area contributed by atoms with E-state index in [1.54, 1.807) is 0 Å². The van der Waals surface area contributed by atoms with Crippen LogP contribution in [0.3, 0.4) is 0 Å². The van der Waals surface area contributed by atoms with Gasteiger partial charge in [0, 0.05) is 6.54 Å². The molecule has 0 aromatic heterocycles. The molecular weight excluding hydrogens is 150 g/mol. The Kier molecular flexibility index (Phi) is 2.73. The topological polar surface area (TPSA) is 46.2 Å². The van der Waals surface area contributed by atoms with Crippen molar-refractivity contribution in [1.82, 2.24) is 4.72 Å². The van der Waals surface area contributed by atoms with Crippen molar-refractivity contribution >= 4 is 22.4 Å². The summed E-state index contributed by atoms with van der Waals surface area (Å²) >= 11 is 0. The maximum Gasteiger partial charge on any atom is 0.211 e. The minimum absolute atomic E-state index is 0. The van der Waals surface area contributed by atoms with Gasteiger partial charge in [0.15, 0.2) is 0 Å². The normalized spacial score (nSPS) is 24.5. The van der Waals surface area contributed by atoms with Crippen molar-refractivity contribution in [2.45, 2.75) is 6.42 Å². The lowest BCUT2D eigenvalue weighted by Crippen LogP contribution is -2.15. The van der Waals surface area contributed by atoms with E-state index in [9.17, 15) is 8.42 Å². The second-order valence-corrected chi connectivity index (χ2v) is 3.49. The molecule has 1 aliphatic heterocycles. The molecule has 5 heteroatoms. The first kappa shape index (κ1) is 8.20. The third-order valence-corrected chi connectivity index (χ3v) is 2.38. The molecule has 0 unspecified atom stereocenters. The lowest BCUT2D eigenvalue weighted by Gasteiger charge is -1.84. The van der Waals surface area contributed by atoms with Gasteiger partial charge in [-0.05, 0) is 6.42 Å². The van der Waals surface area contributed by atoms with Gasteiger partial charge in [0.05, 0.1) is 5.75 Å². The standard InChI is InChI=1S/C3H7NO2S.ClH/c5-7(6)3-1-2-4-7;/h4H,1-3H2;1H. The van der Waals surface area contributed by atoms with Gasteiger partial charge in [0.1, 0.15) is 0 Å². The maximum absolute atomic E-state index is 10.3. The molecule has 0 aromatic rings. The quantitative estimate of drug-likeness (QED) is 0.526. The van der Waals surface area contributed by atoms with Crippen LogP contribution in [-0.4, -0.2) is 20.7 Å². The number of rotatable bonds is 0. The van der Waals surface area contributed by atoms with Gasteiger partial charge in [-0.25, -0.2) is 13.1 Å². The number of nitrogens with one attached hydrogen (secondary N) is 1. The van der Waals surface area contributed by atoms with Crippen LogP contribution in [0, 0.1) is 0 Å². The van der Waals surface area contributed by atoms with E-state index < -0.39 is 10.0 Å². The Hall–Kier alpha value is 0.200. The molecule has 0 amide bonds. The van der Waals surface area contributed by atoms with Gasteiger partial charge in [0.25, 0.3) is 0 Å². The molecule has 1 heterocycles. The highest BCUT2D eigenvalue weighted by atomic mass is 35.5. The molecule has 8 heavy (non-hydrogen) atoms. The Morgan fingerprint density at radius 2 is 2.00 bits per heavy atom. The van der Waals surface area contributed by atoms with E-state index in [0.717, 1.165) is 6.42 Å². The molecule has 0 radical (unpaired) electrons. The van der Waals surface area contributed by atoms with Gasteiger partial charge in [-0.2, -0.15) is 0 Å². The largest absolute Gasteiger partial charge is 0.215 e. The molecule has 1 rings (SSSR count). The van der Waals surface area contributed by atoms with E-state index in [1.165, 1.54) is 0 Å². The molecule has 0 saturated carbocycles. The Labute approximate surface area is 54.9 Å². The fourth-order valence-corrected chi connectivity index (χ4v) is 1.69. The molecular formula is C3H8ClNO2S. The number of halogens is 1. The van der Waals surface area contributed by atoms with Crippen molar-refractivity contribution < 1.29 is 8.42 Å². The van der Waals surface area contributed by atoms with Crippen LogP contribution in [0.1, 0.15) is 6.42 Å². The second-order valence-electron chi connectivity index (χ2n) is 1.57. The third-order valence-electron chi connectivity index (χ3n) is 0.912. The van der Waals surface area contributed by atoms with Crippen molar-refractivity contribution in [3.05, 3.63) is 0 Å². The summed E-state index contributed by atoms with van der Waals surface area (Å²) in [5.41, 5.74) is 0. The molecule has 1 aliphatic rings. The molecule has 1 saturated heterocycles. The van der Waals surface area contributed by atoms with Gasteiger partial charge in [-0.1, -0.05) is 0 Å². The zero-order chi connectivity index (χ0) is 5.33. The molecule has 0 atom stereocenters. The fourth-order valence-electron chi connectivity index (χ4n) is 0.562. The van der Waals surface area contributed by atoms with E-state index in [4.69, 9.17) is 0 Å². The summed E-state index contributed by atoms with van der Waals surface area (Å²) < 4.78 is 23.0. The molecule has 1 N–H and O–H groups in total. The van der Waals surface area contributed by atoms with Crippen LogP contribution in [0.5, 0.6) is 0 Å². The lowest BCUT2D eigenvalue weighted by molar-refractivity contribution is 0.594. The molecule has 50 valence electrons. The van der Waals surface area contributed by atoms with Crippen molar-refractivity contribution in [3.63, 3.8) is 0 Å². The third kappa shape index (κ3) is 1.98. The number of hydrogen-bond donors (Lipinski definition) is 1. The predicted octanol–water partition coefficient (Wildman–Crippen LogP) is -0.269. The molecule has 0 aromatic carbocycles. The average Bonchev–Trinajstić information content (AvgIpc) is 1.84. The first-order valence-corrected chi connectivity index (χ1v) is 3.83. The van der Waals surface area contributed by atoms with Crippen molar-refractivity contribution in [3.8, 4) is 0 Å². The lowest BCUT2D eigenvalue weighted by atomic mass is 10.5. The van der Waals surface area contributed by atoms with Gasteiger partial charge in [0.2, 0.25) is 10.0 Å². The van der Waals surface area contributed by atoms with E-state index in [2.05, 4.69) is 4.72 Å². The summed E-state index contributed by atoms with van der Waals surface area (Å²) in [4.78, 5) is 0. The monoisotopic (exact) mass is 157 g/mol. The van der Waals surface area contributed by atoms with Crippen LogP contribution in [0.2, 0.25) is 0 Å². The predicted molar refractivity (Wildman–Crippen MR) is 33.7 cm³/mol. The molecule has 1 fully saturated rings. The van der Waals surface area contributed by atoms with E-state index in [-0.39, 0.29) is 12.4 Å². The Morgan fingerprint density at radius 3 is 2.12 bits per heavy atom. The summed E-state index contributed by atoms with van der Waals surface area (Å²) in [6, 6.07) is 0. The van der Waals surface area contributed by atoms with Crippen LogP contribution in [0.4, 0.5) is 0 Å². The van der Waals surface area contributed by atoms with Gasteiger partial charge in [-0.15, -0.1) is 12.4 Å². The first-order chi connectivity index (χ1) is 3.21. The Morgan fingerprint density at radius 1 is 1.38 bits per heavy atom. The zero-order valence-electron chi connectivity index (χ0n) is 4.25. The Balaban J connectivity index is 0.000000490. The zero-order valence-corrected chi connectivity index (χ0v) is 5.89. The number of sulfonamides is 1. The van der Waals surface area contributed by atoms with E-state index >= 15 is 0 Å². The van der Waals surface area contributed by atoms with Crippen LogP contribution in [0.15, 0.2) is 0 Å². The van der Waals surface area contributed by atoms with Gasteiger partial charge < -0.3 is 0 Å². The highest BCUT2D eigenvalue weighted by Gasteiger charge is 2.14. The summed E-state index contributed by atoms with van der Waals surface area (Å²) in [6.45, 7) is 0.627. The molecule has 0 bridgehead atoms. The summed E-state index contributed by atoms with van der Waals surface area (Å²) in [5, 5.41) is 0. The fraction of sp³-hybridized carbons (Fsp3) is 1.00. The summed E-state index contributed by atoms with van der Waals surface area (Å²) in [6.07, 6.45) is 0.766. The highest BCUT2D eigenvalue weighted by Crippen LogP contribution is 1.95. The highest BCUT2D eigenvalue weighted by molar-refractivity contribution is 7.89. The van der Waals surface area contributed by atoms with Crippen LogP contribution < -0.4 is 4.72 Å². The van der Waals surface area contributed by atoms with Crippen LogP contribution in [0.25, 0.3) is 0 Å². The van der Waals surface area contributed by atoms with Crippen molar-refractivity contribution in [2.24, 2.45) is 0 Å². The first-order valence-electron chi connectivity index (χ1n) is 2.18. The SMILES string of the molecule is Cl.O=S1(=O)CCCN1. The minimum Gasteiger partial charge on any atom is -0.215 e. The molecule has 0 aliphatic carbocycles. The van der Waals surface area contributed by atoms with E-state index in [0.29, 0.717) is 12.3 Å². The smallest absolute Gasteiger partial charge is 0.211 e. The maximum atomic E-state index is 10.3. The number of hydrogen-bond acceptors (Lipinski definition) is 2. The van der Waals surface area contributed by atoms with Crippen LogP contribution in [-0.2, 0) is 10.0 Å². The minimum atomic E-state index is -2.80.